The Labute approximate surface area is 84.0 Å². The number of nitro groups is 1. The average molecular weight is 206 g/mol. The molecule has 0 unspecified atom stereocenters. The van der Waals surface area contributed by atoms with Crippen molar-refractivity contribution in [3.8, 4) is 11.3 Å². The second kappa shape index (κ2) is 3.55. The van der Waals surface area contributed by atoms with Crippen LogP contribution in [0.4, 0.5) is 5.69 Å². The molecule has 4 nitrogen and oxygen atoms in total. The number of aromatic nitrogens is 1. The Balaban J connectivity index is 2.36. The van der Waals surface area contributed by atoms with Crippen molar-refractivity contribution in [3.05, 3.63) is 45.3 Å². The Morgan fingerprint density at radius 1 is 1.29 bits per heavy atom. The van der Waals surface area contributed by atoms with Crippen LogP contribution < -0.4 is 0 Å². The van der Waals surface area contributed by atoms with Gasteiger partial charge in [-0.05, 0) is 12.1 Å². The smallest absolute Gasteiger partial charge is 0.258 e. The van der Waals surface area contributed by atoms with Crippen LogP contribution in [0.5, 0.6) is 0 Å². The molecule has 0 amide bonds. The van der Waals surface area contributed by atoms with Crippen LogP contribution in [0.2, 0.25) is 0 Å². The molecule has 70 valence electrons. The average Bonchev–Trinajstić information content (AvgIpc) is 2.71. The van der Waals surface area contributed by atoms with E-state index in [0.29, 0.717) is 0 Å². The highest BCUT2D eigenvalue weighted by molar-refractivity contribution is 7.07. The van der Waals surface area contributed by atoms with Gasteiger partial charge in [0.05, 0.1) is 16.1 Å². The van der Waals surface area contributed by atoms with E-state index in [1.165, 1.54) is 23.5 Å². The van der Waals surface area contributed by atoms with E-state index in [2.05, 4.69) is 4.98 Å². The lowest BCUT2D eigenvalue weighted by Crippen LogP contribution is -1.86. The van der Waals surface area contributed by atoms with Crippen molar-refractivity contribution in [1.29, 1.82) is 0 Å². The summed E-state index contributed by atoms with van der Waals surface area (Å²) in [7, 11) is 0. The molecule has 0 atom stereocenters. The van der Waals surface area contributed by atoms with Gasteiger partial charge in [0.2, 0.25) is 0 Å². The molecule has 0 saturated heterocycles. The maximum absolute atomic E-state index is 10.4. The summed E-state index contributed by atoms with van der Waals surface area (Å²) in [6, 6.07) is 6.36. The summed E-state index contributed by atoms with van der Waals surface area (Å²) >= 11 is 1.50. The van der Waals surface area contributed by atoms with Crippen LogP contribution in [0.3, 0.4) is 0 Å². The van der Waals surface area contributed by atoms with E-state index in [1.807, 2.05) is 5.38 Å². The van der Waals surface area contributed by atoms with E-state index in [9.17, 15) is 10.1 Å². The SMILES string of the molecule is O=[N+]([O-])c1ccc(-c2cscn2)cc1. The summed E-state index contributed by atoms with van der Waals surface area (Å²) in [6.45, 7) is 0. The van der Waals surface area contributed by atoms with Gasteiger partial charge in [-0.3, -0.25) is 10.1 Å². The van der Waals surface area contributed by atoms with Crippen molar-refractivity contribution in [2.45, 2.75) is 0 Å². The zero-order chi connectivity index (χ0) is 9.97. The Hall–Kier alpha value is -1.75. The zero-order valence-corrected chi connectivity index (χ0v) is 7.90. The van der Waals surface area contributed by atoms with Gasteiger partial charge >= 0.3 is 0 Å². The minimum absolute atomic E-state index is 0.101. The van der Waals surface area contributed by atoms with Gasteiger partial charge in [-0.25, -0.2) is 4.98 Å². The number of hydrogen-bond donors (Lipinski definition) is 0. The first-order valence-electron chi connectivity index (χ1n) is 3.90. The number of hydrogen-bond acceptors (Lipinski definition) is 4. The predicted molar refractivity (Wildman–Crippen MR) is 54.2 cm³/mol. The number of thiazole rings is 1. The first-order valence-corrected chi connectivity index (χ1v) is 4.84. The maximum Gasteiger partial charge on any atom is 0.269 e. The Morgan fingerprint density at radius 2 is 2.00 bits per heavy atom. The van der Waals surface area contributed by atoms with Crippen molar-refractivity contribution < 1.29 is 4.92 Å². The molecule has 0 N–H and O–H groups in total. The fourth-order valence-corrected chi connectivity index (χ4v) is 1.67. The van der Waals surface area contributed by atoms with E-state index in [-0.39, 0.29) is 5.69 Å². The fraction of sp³-hybridized carbons (Fsp3) is 0. The minimum atomic E-state index is -0.412. The molecule has 1 aromatic heterocycles. The summed E-state index contributed by atoms with van der Waals surface area (Å²) in [5, 5.41) is 12.3. The summed E-state index contributed by atoms with van der Waals surface area (Å²) < 4.78 is 0. The lowest BCUT2D eigenvalue weighted by Gasteiger charge is -1.95. The van der Waals surface area contributed by atoms with Crippen LogP contribution in [-0.2, 0) is 0 Å². The van der Waals surface area contributed by atoms with Crippen LogP contribution in [0, 0.1) is 10.1 Å². The van der Waals surface area contributed by atoms with Gasteiger partial charge in [0, 0.05) is 23.1 Å². The van der Waals surface area contributed by atoms with Crippen molar-refractivity contribution in [2.24, 2.45) is 0 Å². The highest BCUT2D eigenvalue weighted by Gasteiger charge is 2.05. The van der Waals surface area contributed by atoms with Crippen LogP contribution in [-0.4, -0.2) is 9.91 Å². The van der Waals surface area contributed by atoms with Crippen LogP contribution in [0.15, 0.2) is 35.2 Å². The fourth-order valence-electron chi connectivity index (χ4n) is 1.11. The molecule has 0 aliphatic rings. The van der Waals surface area contributed by atoms with Crippen LogP contribution in [0.1, 0.15) is 0 Å². The highest BCUT2D eigenvalue weighted by atomic mass is 32.1. The molecule has 0 fully saturated rings. The van der Waals surface area contributed by atoms with E-state index in [4.69, 9.17) is 0 Å². The van der Waals surface area contributed by atoms with Gasteiger partial charge in [0.25, 0.3) is 5.69 Å². The Morgan fingerprint density at radius 3 is 2.50 bits per heavy atom. The lowest BCUT2D eigenvalue weighted by molar-refractivity contribution is -0.384. The van der Waals surface area contributed by atoms with Gasteiger partial charge in [-0.15, -0.1) is 11.3 Å². The molecule has 1 heterocycles. The zero-order valence-electron chi connectivity index (χ0n) is 7.08. The molecule has 2 rings (SSSR count). The largest absolute Gasteiger partial charge is 0.269 e. The number of benzene rings is 1. The maximum atomic E-state index is 10.4. The Kier molecular flexibility index (Phi) is 2.24. The molecule has 0 spiro atoms. The quantitative estimate of drug-likeness (QED) is 0.560. The molecular formula is C9H6N2O2S. The monoisotopic (exact) mass is 206 g/mol. The number of non-ortho nitro benzene ring substituents is 1. The van der Waals surface area contributed by atoms with Crippen molar-refractivity contribution in [3.63, 3.8) is 0 Å². The minimum Gasteiger partial charge on any atom is -0.258 e. The summed E-state index contributed by atoms with van der Waals surface area (Å²) in [5.41, 5.74) is 3.59. The van der Waals surface area contributed by atoms with Gasteiger partial charge in [0.15, 0.2) is 0 Å². The molecule has 0 aliphatic carbocycles. The first-order chi connectivity index (χ1) is 6.77. The van der Waals surface area contributed by atoms with E-state index < -0.39 is 4.92 Å². The molecule has 2 aromatic rings. The number of rotatable bonds is 2. The van der Waals surface area contributed by atoms with Crippen LogP contribution >= 0.6 is 11.3 Å². The molecule has 0 saturated carbocycles. The first kappa shape index (κ1) is 8.83. The van der Waals surface area contributed by atoms with E-state index in [1.54, 1.807) is 17.6 Å². The van der Waals surface area contributed by atoms with E-state index >= 15 is 0 Å². The summed E-state index contributed by atoms with van der Waals surface area (Å²) in [6.07, 6.45) is 0. The van der Waals surface area contributed by atoms with Gasteiger partial charge in [-0.1, -0.05) is 0 Å². The Bertz CT molecular complexity index is 436. The number of nitrogens with zero attached hydrogens (tertiary/aromatic N) is 2. The molecule has 1 aromatic carbocycles. The third-order valence-corrected chi connectivity index (χ3v) is 2.39. The molecule has 0 aliphatic heterocycles. The van der Waals surface area contributed by atoms with Gasteiger partial charge < -0.3 is 0 Å². The lowest BCUT2D eigenvalue weighted by atomic mass is 10.1. The standard InChI is InChI=1S/C9H6N2O2S/c12-11(13)8-3-1-7(2-4-8)9-5-14-6-10-9/h1-6H. The second-order valence-electron chi connectivity index (χ2n) is 2.68. The van der Waals surface area contributed by atoms with Gasteiger partial charge in [-0.2, -0.15) is 0 Å². The molecular weight excluding hydrogens is 200 g/mol. The molecule has 14 heavy (non-hydrogen) atoms. The molecule has 0 radical (unpaired) electrons. The molecule has 5 heteroatoms. The molecule has 0 bridgehead atoms. The number of nitro benzene ring substituents is 1. The normalized spacial score (nSPS) is 10.0. The third kappa shape index (κ3) is 1.62. The summed E-state index contributed by atoms with van der Waals surface area (Å²) in [4.78, 5) is 14.1. The third-order valence-electron chi connectivity index (χ3n) is 1.81. The summed E-state index contributed by atoms with van der Waals surface area (Å²) in [5.74, 6) is 0. The van der Waals surface area contributed by atoms with Crippen molar-refractivity contribution in [2.75, 3.05) is 0 Å². The van der Waals surface area contributed by atoms with Crippen molar-refractivity contribution >= 4 is 17.0 Å². The highest BCUT2D eigenvalue weighted by Crippen LogP contribution is 2.21. The second-order valence-corrected chi connectivity index (χ2v) is 3.40. The van der Waals surface area contributed by atoms with Crippen LogP contribution in [0.25, 0.3) is 11.3 Å². The van der Waals surface area contributed by atoms with Crippen molar-refractivity contribution in [1.82, 2.24) is 4.98 Å². The van der Waals surface area contributed by atoms with E-state index in [0.717, 1.165) is 11.3 Å². The van der Waals surface area contributed by atoms with Gasteiger partial charge in [0.1, 0.15) is 0 Å². The predicted octanol–water partition coefficient (Wildman–Crippen LogP) is 2.72. The topological polar surface area (TPSA) is 56.0 Å².